The van der Waals surface area contributed by atoms with Crippen LogP contribution < -0.4 is 11.7 Å². The first-order chi connectivity index (χ1) is 7.27. The zero-order valence-electron chi connectivity index (χ0n) is 8.73. The Bertz CT molecular complexity index is 307. The predicted molar refractivity (Wildman–Crippen MR) is 58.4 cm³/mol. The first-order valence-electron chi connectivity index (χ1n) is 5.20. The molecule has 0 saturated carbocycles. The van der Waals surface area contributed by atoms with E-state index in [4.69, 9.17) is 16.6 Å². The van der Waals surface area contributed by atoms with E-state index in [1.807, 2.05) is 18.2 Å². The van der Waals surface area contributed by atoms with E-state index in [1.54, 1.807) is 5.01 Å². The third-order valence-electron chi connectivity index (χ3n) is 3.13. The molecule has 4 nitrogen and oxygen atoms in total. The van der Waals surface area contributed by atoms with E-state index in [9.17, 15) is 0 Å². The first-order valence-corrected chi connectivity index (χ1v) is 5.20. The average Bonchev–Trinajstić information content (AvgIpc) is 2.32. The summed E-state index contributed by atoms with van der Waals surface area (Å²) < 4.78 is 0. The van der Waals surface area contributed by atoms with Gasteiger partial charge in [0.1, 0.15) is 5.60 Å². The standard InChI is InChI=1S/C11H17N3O/c12-14-8-6-11(15-13,7-9-14)10-4-2-1-3-5-10/h1-5H,6-9,12-13H2. The molecule has 0 radical (unpaired) electrons. The van der Waals surface area contributed by atoms with Crippen LogP contribution in [0.2, 0.25) is 0 Å². The van der Waals surface area contributed by atoms with E-state index in [1.165, 1.54) is 0 Å². The number of nitrogens with two attached hydrogens (primary N) is 2. The fraction of sp³-hybridized carbons (Fsp3) is 0.455. The normalized spacial score (nSPS) is 21.5. The van der Waals surface area contributed by atoms with Crippen molar-refractivity contribution in [1.82, 2.24) is 5.01 Å². The molecule has 15 heavy (non-hydrogen) atoms. The van der Waals surface area contributed by atoms with Gasteiger partial charge in [0, 0.05) is 13.1 Å². The second-order valence-electron chi connectivity index (χ2n) is 4.01. The molecule has 1 saturated heterocycles. The molecule has 0 amide bonds. The molecule has 1 heterocycles. The lowest BCUT2D eigenvalue weighted by atomic mass is 9.85. The summed E-state index contributed by atoms with van der Waals surface area (Å²) >= 11 is 0. The van der Waals surface area contributed by atoms with Gasteiger partial charge in [0.05, 0.1) is 0 Å². The Morgan fingerprint density at radius 2 is 1.73 bits per heavy atom. The van der Waals surface area contributed by atoms with Crippen LogP contribution in [0.25, 0.3) is 0 Å². The molecule has 0 unspecified atom stereocenters. The minimum atomic E-state index is -0.350. The summed E-state index contributed by atoms with van der Waals surface area (Å²) in [5.41, 5.74) is 0.789. The van der Waals surface area contributed by atoms with Crippen LogP contribution in [0.3, 0.4) is 0 Å². The van der Waals surface area contributed by atoms with Gasteiger partial charge >= 0.3 is 0 Å². The molecule has 1 aromatic rings. The molecule has 4 N–H and O–H groups in total. The van der Waals surface area contributed by atoms with Crippen LogP contribution in [0.5, 0.6) is 0 Å². The van der Waals surface area contributed by atoms with Gasteiger partial charge in [-0.15, -0.1) is 0 Å². The lowest BCUT2D eigenvalue weighted by Gasteiger charge is -2.38. The number of hydrogen-bond donors (Lipinski definition) is 2. The van der Waals surface area contributed by atoms with E-state index < -0.39 is 0 Å². The van der Waals surface area contributed by atoms with Crippen LogP contribution in [0.4, 0.5) is 0 Å². The van der Waals surface area contributed by atoms with E-state index >= 15 is 0 Å². The molecule has 1 fully saturated rings. The van der Waals surface area contributed by atoms with Gasteiger partial charge < -0.3 is 0 Å². The van der Waals surface area contributed by atoms with Crippen LogP contribution in [0.1, 0.15) is 18.4 Å². The number of piperidine rings is 1. The topological polar surface area (TPSA) is 64.5 Å². The van der Waals surface area contributed by atoms with Gasteiger partial charge in [0.15, 0.2) is 0 Å². The number of hydrogen-bond acceptors (Lipinski definition) is 4. The maximum Gasteiger partial charge on any atom is 0.117 e. The highest BCUT2D eigenvalue weighted by atomic mass is 16.6. The van der Waals surface area contributed by atoms with E-state index in [-0.39, 0.29) is 5.60 Å². The Kier molecular flexibility index (Phi) is 3.02. The zero-order chi connectivity index (χ0) is 10.7. The lowest BCUT2D eigenvalue weighted by Crippen LogP contribution is -2.48. The summed E-state index contributed by atoms with van der Waals surface area (Å²) in [6, 6.07) is 10.1. The smallest absolute Gasteiger partial charge is 0.117 e. The lowest BCUT2D eigenvalue weighted by molar-refractivity contribution is -0.0929. The van der Waals surface area contributed by atoms with Gasteiger partial charge in [0.2, 0.25) is 0 Å². The number of nitrogens with zero attached hydrogens (tertiary/aromatic N) is 1. The maximum atomic E-state index is 5.73. The van der Waals surface area contributed by atoms with Crippen LogP contribution >= 0.6 is 0 Å². The molecule has 0 aliphatic carbocycles. The molecule has 0 spiro atoms. The molecule has 0 aromatic heterocycles. The number of rotatable bonds is 2. The van der Waals surface area contributed by atoms with Crippen molar-refractivity contribution < 1.29 is 4.84 Å². The highest BCUT2D eigenvalue weighted by Gasteiger charge is 2.36. The molecule has 0 atom stereocenters. The van der Waals surface area contributed by atoms with Crippen LogP contribution in [-0.2, 0) is 10.4 Å². The predicted octanol–water partition coefficient (Wildman–Crippen LogP) is 0.742. The van der Waals surface area contributed by atoms with Crippen molar-refractivity contribution in [2.75, 3.05) is 13.1 Å². The molecule has 1 aliphatic heterocycles. The second-order valence-corrected chi connectivity index (χ2v) is 4.01. The van der Waals surface area contributed by atoms with E-state index in [2.05, 4.69) is 12.1 Å². The monoisotopic (exact) mass is 207 g/mol. The van der Waals surface area contributed by atoms with Gasteiger partial charge in [-0.2, -0.15) is 0 Å². The van der Waals surface area contributed by atoms with Crippen LogP contribution in [0, 0.1) is 0 Å². The number of benzene rings is 1. The van der Waals surface area contributed by atoms with Crippen molar-refractivity contribution in [3.8, 4) is 0 Å². The largest absolute Gasteiger partial charge is 0.293 e. The van der Waals surface area contributed by atoms with Crippen molar-refractivity contribution in [3.63, 3.8) is 0 Å². The minimum Gasteiger partial charge on any atom is -0.293 e. The Morgan fingerprint density at radius 1 is 1.13 bits per heavy atom. The maximum absolute atomic E-state index is 5.73. The zero-order valence-corrected chi connectivity index (χ0v) is 8.73. The van der Waals surface area contributed by atoms with Crippen molar-refractivity contribution >= 4 is 0 Å². The second kappa shape index (κ2) is 4.28. The van der Waals surface area contributed by atoms with Gasteiger partial charge in [-0.1, -0.05) is 30.3 Å². The molecule has 82 valence electrons. The molecule has 0 bridgehead atoms. The molecular formula is C11H17N3O. The summed E-state index contributed by atoms with van der Waals surface area (Å²) in [5.74, 6) is 11.2. The first kappa shape index (κ1) is 10.6. The summed E-state index contributed by atoms with van der Waals surface area (Å²) in [4.78, 5) is 5.23. The van der Waals surface area contributed by atoms with Crippen molar-refractivity contribution in [1.29, 1.82) is 0 Å². The highest BCUT2D eigenvalue weighted by Crippen LogP contribution is 2.34. The van der Waals surface area contributed by atoms with E-state index in [0.717, 1.165) is 31.5 Å². The average molecular weight is 207 g/mol. The summed E-state index contributed by atoms with van der Waals surface area (Å²) in [5, 5.41) is 1.81. The van der Waals surface area contributed by atoms with Crippen LogP contribution in [-0.4, -0.2) is 18.1 Å². The molecule has 1 aromatic carbocycles. The van der Waals surface area contributed by atoms with Crippen molar-refractivity contribution in [2.45, 2.75) is 18.4 Å². The van der Waals surface area contributed by atoms with Gasteiger partial charge in [-0.05, 0) is 18.4 Å². The van der Waals surface area contributed by atoms with Gasteiger partial charge in [-0.3, -0.25) is 10.7 Å². The third kappa shape index (κ3) is 2.03. The number of hydrazine groups is 1. The Hall–Kier alpha value is -0.940. The SMILES string of the molecule is NOC1(c2ccccc2)CCN(N)CC1. The highest BCUT2D eigenvalue weighted by molar-refractivity contribution is 5.23. The van der Waals surface area contributed by atoms with Crippen molar-refractivity contribution in [3.05, 3.63) is 35.9 Å². The molecule has 2 rings (SSSR count). The third-order valence-corrected chi connectivity index (χ3v) is 3.13. The molecule has 1 aliphatic rings. The quantitative estimate of drug-likeness (QED) is 0.554. The summed E-state index contributed by atoms with van der Waals surface area (Å²) in [6.45, 7) is 1.62. The van der Waals surface area contributed by atoms with Crippen LogP contribution in [0.15, 0.2) is 30.3 Å². The van der Waals surface area contributed by atoms with Gasteiger partial charge in [-0.25, -0.2) is 10.9 Å². The Balaban J connectivity index is 2.23. The molecular weight excluding hydrogens is 190 g/mol. The molecule has 4 heteroatoms. The fourth-order valence-electron chi connectivity index (χ4n) is 2.10. The summed E-state index contributed by atoms with van der Waals surface area (Å²) in [7, 11) is 0. The minimum absolute atomic E-state index is 0.350. The van der Waals surface area contributed by atoms with Gasteiger partial charge in [0.25, 0.3) is 0 Å². The Labute approximate surface area is 89.7 Å². The van der Waals surface area contributed by atoms with E-state index in [0.29, 0.717) is 0 Å². The Morgan fingerprint density at radius 3 is 2.27 bits per heavy atom. The fourth-order valence-corrected chi connectivity index (χ4v) is 2.10. The van der Waals surface area contributed by atoms with Crippen molar-refractivity contribution in [2.24, 2.45) is 11.7 Å². The summed E-state index contributed by atoms with van der Waals surface area (Å²) in [6.07, 6.45) is 1.67.